The molecule has 1 heterocycles. The summed E-state index contributed by atoms with van der Waals surface area (Å²) < 4.78 is 4.81. The van der Waals surface area contributed by atoms with Crippen molar-refractivity contribution < 1.29 is 9.68 Å². The van der Waals surface area contributed by atoms with Crippen LogP contribution in [0.3, 0.4) is 0 Å². The van der Waals surface area contributed by atoms with Crippen molar-refractivity contribution in [3.63, 3.8) is 0 Å². The third-order valence-corrected chi connectivity index (χ3v) is 2.04. The highest BCUT2D eigenvalue weighted by molar-refractivity contribution is 6.17. The van der Waals surface area contributed by atoms with Crippen LogP contribution in [-0.2, 0) is 0 Å². The minimum absolute atomic E-state index is 0.602. The minimum atomic E-state index is 0.602. The highest BCUT2D eigenvalue weighted by atomic mass is 16.5. The van der Waals surface area contributed by atoms with E-state index in [-0.39, 0.29) is 0 Å². The third-order valence-electron chi connectivity index (χ3n) is 2.04. The average molecular weight is 198 g/mol. The summed E-state index contributed by atoms with van der Waals surface area (Å²) in [5.74, 6) is 0.602. The van der Waals surface area contributed by atoms with Crippen molar-refractivity contribution in [2.75, 3.05) is 0 Å². The molecule has 1 N–H and O–H groups in total. The summed E-state index contributed by atoms with van der Waals surface area (Å²) >= 11 is 0. The van der Waals surface area contributed by atoms with Crippen molar-refractivity contribution in [1.29, 1.82) is 0 Å². The summed E-state index contributed by atoms with van der Waals surface area (Å²) in [5, 5.41) is 8.45. The standard InChI is InChI=1S/C11H9BNO2/c14-12-15-11-5-3-9(4-6-11)10-2-1-7-13-8-10/h1-8,14H. The van der Waals surface area contributed by atoms with Crippen LogP contribution in [0.4, 0.5) is 0 Å². The highest BCUT2D eigenvalue weighted by Crippen LogP contribution is 2.20. The number of aromatic nitrogens is 1. The second kappa shape index (κ2) is 4.62. The van der Waals surface area contributed by atoms with E-state index in [0.29, 0.717) is 13.4 Å². The Bertz CT molecular complexity index is 416. The molecule has 2 aromatic rings. The van der Waals surface area contributed by atoms with E-state index in [4.69, 9.17) is 9.68 Å². The number of hydrogen-bond donors (Lipinski definition) is 1. The Hall–Kier alpha value is -1.81. The Morgan fingerprint density at radius 1 is 1.07 bits per heavy atom. The smallest absolute Gasteiger partial charge is 0.537 e. The van der Waals surface area contributed by atoms with Gasteiger partial charge in [-0.25, -0.2) is 0 Å². The van der Waals surface area contributed by atoms with Gasteiger partial charge in [0.05, 0.1) is 0 Å². The van der Waals surface area contributed by atoms with Crippen LogP contribution in [0.5, 0.6) is 5.75 Å². The maximum absolute atomic E-state index is 8.45. The van der Waals surface area contributed by atoms with E-state index in [1.165, 1.54) is 0 Å². The van der Waals surface area contributed by atoms with Crippen molar-refractivity contribution in [2.45, 2.75) is 0 Å². The van der Waals surface area contributed by atoms with Crippen LogP contribution in [0.2, 0.25) is 0 Å². The highest BCUT2D eigenvalue weighted by Gasteiger charge is 1.98. The molecular weight excluding hydrogens is 189 g/mol. The van der Waals surface area contributed by atoms with Crippen molar-refractivity contribution in [3.05, 3.63) is 48.8 Å². The van der Waals surface area contributed by atoms with Crippen molar-refractivity contribution in [2.24, 2.45) is 0 Å². The molecule has 1 radical (unpaired) electrons. The maximum Gasteiger partial charge on any atom is 0.569 e. The van der Waals surface area contributed by atoms with E-state index in [0.717, 1.165) is 11.1 Å². The van der Waals surface area contributed by atoms with Crippen molar-refractivity contribution in [3.8, 4) is 16.9 Å². The maximum atomic E-state index is 8.45. The van der Waals surface area contributed by atoms with Gasteiger partial charge in [0, 0.05) is 12.4 Å². The molecule has 0 aliphatic rings. The van der Waals surface area contributed by atoms with Gasteiger partial charge < -0.3 is 9.68 Å². The second-order valence-electron chi connectivity index (χ2n) is 2.99. The number of benzene rings is 1. The second-order valence-corrected chi connectivity index (χ2v) is 2.99. The fraction of sp³-hybridized carbons (Fsp3) is 0. The quantitative estimate of drug-likeness (QED) is 0.762. The topological polar surface area (TPSA) is 42.4 Å². The molecule has 0 saturated carbocycles. The number of rotatable bonds is 3. The zero-order chi connectivity index (χ0) is 10.5. The van der Waals surface area contributed by atoms with Crippen LogP contribution in [-0.4, -0.2) is 17.7 Å². The lowest BCUT2D eigenvalue weighted by Gasteiger charge is -2.03. The van der Waals surface area contributed by atoms with Gasteiger partial charge in [-0.05, 0) is 29.3 Å². The number of hydrogen-bond acceptors (Lipinski definition) is 3. The molecule has 3 nitrogen and oxygen atoms in total. The summed E-state index contributed by atoms with van der Waals surface area (Å²) in [6, 6.07) is 11.3. The molecular formula is C11H9BNO2. The molecule has 0 unspecified atom stereocenters. The Balaban J connectivity index is 2.24. The molecule has 0 bridgehead atoms. The van der Waals surface area contributed by atoms with Crippen molar-refractivity contribution in [1.82, 2.24) is 4.98 Å². The summed E-state index contributed by atoms with van der Waals surface area (Å²) in [6.45, 7) is 0. The van der Waals surface area contributed by atoms with E-state index in [1.807, 2.05) is 24.3 Å². The summed E-state index contributed by atoms with van der Waals surface area (Å²) in [7, 11) is 0.666. The van der Waals surface area contributed by atoms with Gasteiger partial charge in [-0.1, -0.05) is 18.2 Å². The first-order valence-electron chi connectivity index (χ1n) is 4.53. The van der Waals surface area contributed by atoms with Gasteiger partial charge in [0.1, 0.15) is 5.75 Å². The molecule has 4 heteroatoms. The van der Waals surface area contributed by atoms with E-state index < -0.39 is 0 Å². The predicted octanol–water partition coefficient (Wildman–Crippen LogP) is 1.65. The molecule has 1 aromatic carbocycles. The molecule has 0 amide bonds. The zero-order valence-corrected chi connectivity index (χ0v) is 8.00. The lowest BCUT2D eigenvalue weighted by molar-refractivity contribution is 0.454. The van der Waals surface area contributed by atoms with Gasteiger partial charge in [-0.2, -0.15) is 0 Å². The van der Waals surface area contributed by atoms with E-state index >= 15 is 0 Å². The van der Waals surface area contributed by atoms with Crippen LogP contribution in [0.15, 0.2) is 48.8 Å². The normalized spacial score (nSPS) is 9.67. The Morgan fingerprint density at radius 2 is 1.87 bits per heavy atom. The molecule has 0 aliphatic heterocycles. The minimum Gasteiger partial charge on any atom is -0.537 e. The molecule has 15 heavy (non-hydrogen) atoms. The van der Waals surface area contributed by atoms with Crippen LogP contribution in [0.25, 0.3) is 11.1 Å². The molecule has 0 saturated heterocycles. The molecule has 0 atom stereocenters. The van der Waals surface area contributed by atoms with Crippen LogP contribution >= 0.6 is 0 Å². The monoisotopic (exact) mass is 198 g/mol. The molecule has 0 aliphatic carbocycles. The molecule has 0 fully saturated rings. The summed E-state index contributed by atoms with van der Waals surface area (Å²) in [5.41, 5.74) is 2.12. The lowest BCUT2D eigenvalue weighted by Crippen LogP contribution is -1.99. The van der Waals surface area contributed by atoms with Gasteiger partial charge in [0.2, 0.25) is 0 Å². The van der Waals surface area contributed by atoms with E-state index in [9.17, 15) is 0 Å². The Kier molecular flexibility index (Phi) is 3.00. The van der Waals surface area contributed by atoms with E-state index in [1.54, 1.807) is 24.5 Å². The van der Waals surface area contributed by atoms with Crippen LogP contribution < -0.4 is 4.65 Å². The van der Waals surface area contributed by atoms with Crippen LogP contribution in [0, 0.1) is 0 Å². The Morgan fingerprint density at radius 3 is 2.47 bits per heavy atom. The number of nitrogens with zero attached hydrogens (tertiary/aromatic N) is 1. The lowest BCUT2D eigenvalue weighted by atomic mass is 10.1. The molecule has 1 aromatic heterocycles. The zero-order valence-electron chi connectivity index (χ0n) is 8.00. The molecule has 2 rings (SSSR count). The Labute approximate surface area is 88.7 Å². The first-order chi connectivity index (χ1) is 7.40. The first kappa shape index (κ1) is 9.74. The van der Waals surface area contributed by atoms with Gasteiger partial charge in [0.15, 0.2) is 0 Å². The number of pyridine rings is 1. The fourth-order valence-corrected chi connectivity index (χ4v) is 1.32. The average Bonchev–Trinajstić information content (AvgIpc) is 2.32. The summed E-state index contributed by atoms with van der Waals surface area (Å²) in [6.07, 6.45) is 3.54. The summed E-state index contributed by atoms with van der Waals surface area (Å²) in [4.78, 5) is 4.04. The first-order valence-corrected chi connectivity index (χ1v) is 4.53. The SMILES string of the molecule is O[B]Oc1ccc(-c2cccnc2)cc1. The predicted molar refractivity (Wildman–Crippen MR) is 58.3 cm³/mol. The van der Waals surface area contributed by atoms with Gasteiger partial charge in [-0.3, -0.25) is 4.98 Å². The van der Waals surface area contributed by atoms with Gasteiger partial charge in [-0.15, -0.1) is 0 Å². The molecule has 0 spiro atoms. The van der Waals surface area contributed by atoms with Gasteiger partial charge >= 0.3 is 7.69 Å². The molecule has 73 valence electrons. The van der Waals surface area contributed by atoms with Crippen LogP contribution in [0.1, 0.15) is 0 Å². The van der Waals surface area contributed by atoms with E-state index in [2.05, 4.69) is 4.98 Å². The third kappa shape index (κ3) is 2.36. The largest absolute Gasteiger partial charge is 0.569 e. The fourth-order valence-electron chi connectivity index (χ4n) is 1.32. The van der Waals surface area contributed by atoms with Gasteiger partial charge in [0.25, 0.3) is 0 Å². The van der Waals surface area contributed by atoms with Crippen molar-refractivity contribution >= 4 is 7.69 Å².